The van der Waals surface area contributed by atoms with E-state index in [0.717, 1.165) is 12.8 Å². The van der Waals surface area contributed by atoms with Crippen LogP contribution in [0.3, 0.4) is 0 Å². The van der Waals surface area contributed by atoms with Gasteiger partial charge in [-0.05, 0) is 24.2 Å². The Hall–Kier alpha value is -0.0800. The van der Waals surface area contributed by atoms with Crippen molar-refractivity contribution in [2.75, 3.05) is 0 Å². The van der Waals surface area contributed by atoms with E-state index in [1.54, 1.807) is 0 Å². The number of fused-ring (bicyclic) bond motifs is 2. The lowest BCUT2D eigenvalue weighted by Gasteiger charge is -2.41. The Labute approximate surface area is 73.6 Å². The van der Waals surface area contributed by atoms with E-state index < -0.39 is 5.79 Å². The molecule has 12 heavy (non-hydrogen) atoms. The van der Waals surface area contributed by atoms with Crippen molar-refractivity contribution in [1.82, 2.24) is 0 Å². The van der Waals surface area contributed by atoms with Crippen LogP contribution in [-0.2, 0) is 0 Å². The molecule has 0 aromatic carbocycles. The minimum Gasteiger partial charge on any atom is -0.365 e. The Morgan fingerprint density at radius 3 is 1.92 bits per heavy atom. The minimum atomic E-state index is -1.42. The smallest absolute Gasteiger partial charge is 0.168 e. The third-order valence-electron chi connectivity index (χ3n) is 4.85. The fourth-order valence-electron chi connectivity index (χ4n) is 3.24. The second-order valence-electron chi connectivity index (χ2n) is 5.31. The van der Waals surface area contributed by atoms with Crippen molar-refractivity contribution in [1.29, 1.82) is 0 Å². The van der Waals surface area contributed by atoms with E-state index in [4.69, 9.17) is 0 Å². The highest BCUT2D eigenvalue weighted by Crippen LogP contribution is 2.68. The van der Waals surface area contributed by atoms with Crippen LogP contribution in [0.1, 0.15) is 40.0 Å². The van der Waals surface area contributed by atoms with Gasteiger partial charge in [0.05, 0.1) is 0 Å². The lowest BCUT2D eigenvalue weighted by atomic mass is 9.68. The van der Waals surface area contributed by atoms with E-state index in [9.17, 15) is 10.2 Å². The highest BCUT2D eigenvalue weighted by atomic mass is 16.5. The van der Waals surface area contributed by atoms with Gasteiger partial charge in [0.1, 0.15) is 0 Å². The average molecular weight is 170 g/mol. The van der Waals surface area contributed by atoms with Crippen molar-refractivity contribution in [3.8, 4) is 0 Å². The lowest BCUT2D eigenvalue weighted by Crippen LogP contribution is -2.46. The number of aliphatic hydroxyl groups is 2. The van der Waals surface area contributed by atoms with Crippen molar-refractivity contribution < 1.29 is 10.2 Å². The molecule has 0 radical (unpaired) electrons. The Balaban J connectivity index is 2.47. The lowest BCUT2D eigenvalue weighted by molar-refractivity contribution is -0.241. The van der Waals surface area contributed by atoms with Crippen LogP contribution in [0.25, 0.3) is 0 Å². The molecule has 2 saturated carbocycles. The maximum Gasteiger partial charge on any atom is 0.168 e. The van der Waals surface area contributed by atoms with Crippen LogP contribution in [0.15, 0.2) is 0 Å². The molecule has 2 aliphatic carbocycles. The molecule has 2 rings (SSSR count). The first-order valence-electron chi connectivity index (χ1n) is 4.76. The quantitative estimate of drug-likeness (QED) is 0.541. The maximum atomic E-state index is 9.84. The number of rotatable bonds is 0. The summed E-state index contributed by atoms with van der Waals surface area (Å²) in [6.07, 6.45) is 2.68. The van der Waals surface area contributed by atoms with Crippen molar-refractivity contribution in [2.45, 2.75) is 45.8 Å². The molecule has 2 aliphatic rings. The van der Waals surface area contributed by atoms with Crippen molar-refractivity contribution >= 4 is 0 Å². The molecule has 2 heteroatoms. The summed E-state index contributed by atoms with van der Waals surface area (Å²) in [7, 11) is 0. The molecule has 0 aromatic rings. The Morgan fingerprint density at radius 1 is 1.17 bits per heavy atom. The van der Waals surface area contributed by atoms with Gasteiger partial charge >= 0.3 is 0 Å². The van der Waals surface area contributed by atoms with E-state index in [-0.39, 0.29) is 10.8 Å². The fraction of sp³-hybridized carbons (Fsp3) is 1.00. The topological polar surface area (TPSA) is 40.5 Å². The van der Waals surface area contributed by atoms with Gasteiger partial charge in [0.25, 0.3) is 0 Å². The average Bonchev–Trinajstić information content (AvgIpc) is 2.18. The van der Waals surface area contributed by atoms with Gasteiger partial charge < -0.3 is 10.2 Å². The summed E-state index contributed by atoms with van der Waals surface area (Å²) in [4.78, 5) is 0. The van der Waals surface area contributed by atoms with Gasteiger partial charge in [0, 0.05) is 11.8 Å². The normalized spacial score (nSPS) is 48.2. The highest BCUT2D eigenvalue weighted by Gasteiger charge is 2.68. The monoisotopic (exact) mass is 170 g/mol. The predicted octanol–water partition coefficient (Wildman–Crippen LogP) is 1.51. The summed E-state index contributed by atoms with van der Waals surface area (Å²) >= 11 is 0. The van der Waals surface area contributed by atoms with E-state index in [0.29, 0.717) is 12.3 Å². The van der Waals surface area contributed by atoms with Crippen molar-refractivity contribution in [3.63, 3.8) is 0 Å². The maximum absolute atomic E-state index is 9.84. The fourth-order valence-corrected chi connectivity index (χ4v) is 3.24. The number of hydrogen-bond donors (Lipinski definition) is 2. The van der Waals surface area contributed by atoms with E-state index in [1.165, 1.54) is 0 Å². The van der Waals surface area contributed by atoms with Crippen LogP contribution in [0, 0.1) is 16.7 Å². The van der Waals surface area contributed by atoms with Gasteiger partial charge in [0.2, 0.25) is 0 Å². The molecule has 0 spiro atoms. The SMILES string of the molecule is CC1(C)[C@@H]2CC[C@]1(C)C(O)(O)C2. The van der Waals surface area contributed by atoms with Gasteiger partial charge in [-0.15, -0.1) is 0 Å². The molecule has 0 amide bonds. The van der Waals surface area contributed by atoms with E-state index >= 15 is 0 Å². The highest BCUT2D eigenvalue weighted by molar-refractivity contribution is 5.13. The zero-order valence-corrected chi connectivity index (χ0v) is 8.09. The van der Waals surface area contributed by atoms with Gasteiger partial charge in [-0.25, -0.2) is 0 Å². The van der Waals surface area contributed by atoms with Gasteiger partial charge in [-0.1, -0.05) is 20.8 Å². The Morgan fingerprint density at radius 2 is 1.75 bits per heavy atom. The summed E-state index contributed by atoms with van der Waals surface area (Å²) in [5.74, 6) is -0.920. The molecule has 70 valence electrons. The molecule has 2 N–H and O–H groups in total. The zero-order chi connectivity index (χ0) is 9.20. The van der Waals surface area contributed by atoms with E-state index in [2.05, 4.69) is 13.8 Å². The Kier molecular flexibility index (Phi) is 1.33. The molecule has 2 fully saturated rings. The summed E-state index contributed by atoms with van der Waals surface area (Å²) in [5, 5.41) is 19.7. The number of hydrogen-bond acceptors (Lipinski definition) is 2. The molecule has 0 saturated heterocycles. The summed E-state index contributed by atoms with van der Waals surface area (Å²) in [6, 6.07) is 0. The molecule has 0 aromatic heterocycles. The van der Waals surface area contributed by atoms with E-state index in [1.807, 2.05) is 6.92 Å². The Bertz CT molecular complexity index is 220. The largest absolute Gasteiger partial charge is 0.365 e. The molecule has 0 unspecified atom stereocenters. The summed E-state index contributed by atoms with van der Waals surface area (Å²) in [6.45, 7) is 6.34. The van der Waals surface area contributed by atoms with Crippen LogP contribution >= 0.6 is 0 Å². The van der Waals surface area contributed by atoms with Crippen LogP contribution in [0.2, 0.25) is 0 Å². The van der Waals surface area contributed by atoms with Crippen molar-refractivity contribution in [3.05, 3.63) is 0 Å². The molecule has 0 heterocycles. The first-order valence-corrected chi connectivity index (χ1v) is 4.76. The summed E-state index contributed by atoms with van der Waals surface area (Å²) < 4.78 is 0. The first-order chi connectivity index (χ1) is 5.31. The zero-order valence-electron chi connectivity index (χ0n) is 8.09. The second-order valence-corrected chi connectivity index (χ2v) is 5.31. The first kappa shape index (κ1) is 8.52. The molecule has 2 bridgehead atoms. The second kappa shape index (κ2) is 1.88. The van der Waals surface area contributed by atoms with Crippen LogP contribution in [-0.4, -0.2) is 16.0 Å². The third-order valence-corrected chi connectivity index (χ3v) is 4.85. The van der Waals surface area contributed by atoms with Crippen LogP contribution in [0.5, 0.6) is 0 Å². The van der Waals surface area contributed by atoms with Gasteiger partial charge in [-0.2, -0.15) is 0 Å². The van der Waals surface area contributed by atoms with Crippen LogP contribution in [0.4, 0.5) is 0 Å². The van der Waals surface area contributed by atoms with Gasteiger partial charge in [0.15, 0.2) is 5.79 Å². The molecule has 2 atom stereocenters. The molecular weight excluding hydrogens is 152 g/mol. The van der Waals surface area contributed by atoms with Crippen LogP contribution < -0.4 is 0 Å². The molecular formula is C10H18O2. The minimum absolute atomic E-state index is 0.0938. The third kappa shape index (κ3) is 0.647. The standard InChI is InChI=1S/C10H18O2/c1-8(2)7-4-5-9(8,3)10(11,12)6-7/h7,11-12H,4-6H2,1-3H3/t7-,9+/m1/s1. The molecule has 2 nitrogen and oxygen atoms in total. The van der Waals surface area contributed by atoms with Crippen molar-refractivity contribution in [2.24, 2.45) is 16.7 Å². The molecule has 0 aliphatic heterocycles. The van der Waals surface area contributed by atoms with Gasteiger partial charge in [-0.3, -0.25) is 0 Å². The summed E-state index contributed by atoms with van der Waals surface area (Å²) in [5.41, 5.74) is -0.193. The predicted molar refractivity (Wildman–Crippen MR) is 46.4 cm³/mol.